The molecular formula is C31H33Cl2N3O6. The SMILES string of the molecule is O=C(Nc1cc(Cl)cc(Cl)c1)C1C2CCC3(O2)C1C(=O)N(CC1COc2ccccc2O1)C3C(=O)NC1CCCCC1. The van der Waals surface area contributed by atoms with Crippen molar-refractivity contribution in [3.05, 3.63) is 52.5 Å². The van der Waals surface area contributed by atoms with Crippen molar-refractivity contribution in [2.24, 2.45) is 11.8 Å². The quantitative estimate of drug-likeness (QED) is 0.493. The third kappa shape index (κ3) is 4.79. The van der Waals surface area contributed by atoms with Crippen LogP contribution in [0.4, 0.5) is 5.69 Å². The molecule has 4 heterocycles. The van der Waals surface area contributed by atoms with E-state index in [2.05, 4.69) is 10.6 Å². The molecule has 1 spiro atoms. The molecule has 4 fully saturated rings. The van der Waals surface area contributed by atoms with Gasteiger partial charge in [0.1, 0.15) is 18.2 Å². The number of benzene rings is 2. The molecule has 2 aromatic rings. The summed E-state index contributed by atoms with van der Waals surface area (Å²) in [7, 11) is 0. The van der Waals surface area contributed by atoms with Crippen LogP contribution in [-0.2, 0) is 19.1 Å². The Balaban J connectivity index is 1.18. The third-order valence-electron chi connectivity index (χ3n) is 9.40. The molecule has 5 aliphatic rings. The van der Waals surface area contributed by atoms with Crippen LogP contribution in [-0.4, -0.2) is 65.7 Å². The standard InChI is InChI=1S/C31H33Cl2N3O6/c32-17-12-18(33)14-20(13-17)35-28(37)25-24-10-11-31(42-24)26(25)30(39)36(27(31)29(38)34-19-6-2-1-3-7-19)15-21-16-40-22-8-4-5-9-23(22)41-21/h4-5,8-9,12-14,19,21,24-27H,1-3,6-7,10-11,15-16H2,(H,34,38)(H,35,37). The van der Waals surface area contributed by atoms with Crippen molar-refractivity contribution in [3.63, 3.8) is 0 Å². The lowest BCUT2D eigenvalue weighted by Gasteiger charge is -2.36. The van der Waals surface area contributed by atoms with E-state index in [0.29, 0.717) is 40.1 Å². The van der Waals surface area contributed by atoms with E-state index in [1.165, 1.54) is 0 Å². The molecule has 0 aromatic heterocycles. The molecular weight excluding hydrogens is 581 g/mol. The van der Waals surface area contributed by atoms with E-state index in [1.807, 2.05) is 24.3 Å². The molecule has 3 amide bonds. The lowest BCUT2D eigenvalue weighted by molar-refractivity contribution is -0.143. The summed E-state index contributed by atoms with van der Waals surface area (Å²) in [5.74, 6) is -1.17. The maximum atomic E-state index is 14.3. The number of rotatable bonds is 6. The molecule has 7 rings (SSSR count). The molecule has 2 N–H and O–H groups in total. The van der Waals surface area contributed by atoms with Crippen LogP contribution in [0.5, 0.6) is 11.5 Å². The van der Waals surface area contributed by atoms with E-state index < -0.39 is 35.7 Å². The Morgan fingerprint density at radius 3 is 2.48 bits per heavy atom. The second-order valence-corrected chi connectivity index (χ2v) is 12.9. The molecule has 11 heteroatoms. The first-order valence-electron chi connectivity index (χ1n) is 14.8. The highest BCUT2D eigenvalue weighted by molar-refractivity contribution is 6.35. The number of nitrogens with zero attached hydrogens (tertiary/aromatic N) is 1. The minimum absolute atomic E-state index is 0.0602. The number of likely N-dealkylation sites (tertiary alicyclic amines) is 1. The highest BCUT2D eigenvalue weighted by atomic mass is 35.5. The number of ether oxygens (including phenoxy) is 3. The summed E-state index contributed by atoms with van der Waals surface area (Å²) in [6, 6.07) is 11.4. The summed E-state index contributed by atoms with van der Waals surface area (Å²) >= 11 is 12.3. The molecule has 1 aliphatic carbocycles. The van der Waals surface area contributed by atoms with Crippen LogP contribution in [0.1, 0.15) is 44.9 Å². The maximum absolute atomic E-state index is 14.3. The first-order chi connectivity index (χ1) is 20.3. The average molecular weight is 615 g/mol. The smallest absolute Gasteiger partial charge is 0.246 e. The minimum atomic E-state index is -1.10. The highest BCUT2D eigenvalue weighted by Crippen LogP contribution is 2.58. The highest BCUT2D eigenvalue weighted by Gasteiger charge is 2.74. The lowest BCUT2D eigenvalue weighted by atomic mass is 9.70. The fraction of sp³-hybridized carbons (Fsp3) is 0.516. The van der Waals surface area contributed by atoms with E-state index in [9.17, 15) is 14.4 Å². The van der Waals surface area contributed by atoms with Gasteiger partial charge in [-0.1, -0.05) is 54.6 Å². The Kier molecular flexibility index (Phi) is 7.23. The van der Waals surface area contributed by atoms with E-state index in [0.717, 1.165) is 32.1 Å². The third-order valence-corrected chi connectivity index (χ3v) is 9.84. The van der Waals surface area contributed by atoms with Gasteiger partial charge in [-0.3, -0.25) is 14.4 Å². The van der Waals surface area contributed by atoms with Gasteiger partial charge >= 0.3 is 0 Å². The van der Waals surface area contributed by atoms with Crippen molar-refractivity contribution in [3.8, 4) is 11.5 Å². The zero-order valence-electron chi connectivity index (χ0n) is 23.0. The number of para-hydroxylation sites is 2. The predicted molar refractivity (Wildman–Crippen MR) is 156 cm³/mol. The zero-order valence-corrected chi connectivity index (χ0v) is 24.5. The minimum Gasteiger partial charge on any atom is -0.486 e. The molecule has 42 heavy (non-hydrogen) atoms. The topological polar surface area (TPSA) is 106 Å². The average Bonchev–Trinajstić information content (AvgIpc) is 3.60. The second kappa shape index (κ2) is 10.9. The molecule has 9 nitrogen and oxygen atoms in total. The van der Waals surface area contributed by atoms with E-state index in [1.54, 1.807) is 23.1 Å². The summed E-state index contributed by atoms with van der Waals surface area (Å²) in [5.41, 5.74) is -0.656. The van der Waals surface area contributed by atoms with Gasteiger partial charge in [-0.15, -0.1) is 0 Å². The Morgan fingerprint density at radius 2 is 1.71 bits per heavy atom. The van der Waals surface area contributed by atoms with Crippen molar-refractivity contribution >= 4 is 46.6 Å². The number of fused-ring (bicyclic) bond motifs is 2. The van der Waals surface area contributed by atoms with Crippen LogP contribution in [0.25, 0.3) is 0 Å². The van der Waals surface area contributed by atoms with Crippen molar-refractivity contribution in [2.45, 2.75) is 74.8 Å². The zero-order chi connectivity index (χ0) is 29.0. The lowest BCUT2D eigenvalue weighted by Crippen LogP contribution is -2.58. The molecule has 6 unspecified atom stereocenters. The Labute approximate surface area is 254 Å². The Bertz CT molecular complexity index is 1400. The first-order valence-corrected chi connectivity index (χ1v) is 15.5. The van der Waals surface area contributed by atoms with Crippen LogP contribution in [0.2, 0.25) is 10.0 Å². The monoisotopic (exact) mass is 613 g/mol. The van der Waals surface area contributed by atoms with Gasteiger partial charge in [-0.25, -0.2) is 0 Å². The summed E-state index contributed by atoms with van der Waals surface area (Å²) in [6.07, 6.45) is 5.25. The molecule has 1 saturated carbocycles. The summed E-state index contributed by atoms with van der Waals surface area (Å²) in [6.45, 7) is 0.374. The van der Waals surface area contributed by atoms with Crippen LogP contribution in [0, 0.1) is 11.8 Å². The number of amides is 3. The van der Waals surface area contributed by atoms with Crippen molar-refractivity contribution < 1.29 is 28.6 Å². The van der Waals surface area contributed by atoms with Gasteiger partial charge in [0.15, 0.2) is 17.6 Å². The van der Waals surface area contributed by atoms with Gasteiger partial charge in [-0.05, 0) is 56.0 Å². The van der Waals surface area contributed by atoms with Crippen LogP contribution < -0.4 is 20.1 Å². The molecule has 2 bridgehead atoms. The number of nitrogens with one attached hydrogen (secondary N) is 2. The van der Waals surface area contributed by atoms with Crippen LogP contribution in [0.15, 0.2) is 42.5 Å². The Morgan fingerprint density at radius 1 is 0.976 bits per heavy atom. The van der Waals surface area contributed by atoms with Crippen molar-refractivity contribution in [1.29, 1.82) is 0 Å². The van der Waals surface area contributed by atoms with E-state index in [4.69, 9.17) is 37.4 Å². The second-order valence-electron chi connectivity index (χ2n) is 12.0. The Hall–Kier alpha value is -3.01. The maximum Gasteiger partial charge on any atom is 0.246 e. The number of hydrogen-bond acceptors (Lipinski definition) is 6. The molecule has 6 atom stereocenters. The molecule has 0 radical (unpaired) electrons. The number of carbonyl (C=O) groups is 3. The van der Waals surface area contributed by atoms with Gasteiger partial charge in [0.2, 0.25) is 17.7 Å². The van der Waals surface area contributed by atoms with Gasteiger partial charge in [0.25, 0.3) is 0 Å². The number of anilines is 1. The fourth-order valence-corrected chi connectivity index (χ4v) is 8.23. The normalized spacial score (nSPS) is 31.6. The predicted octanol–water partition coefficient (Wildman–Crippen LogP) is 4.60. The van der Waals surface area contributed by atoms with E-state index >= 15 is 0 Å². The summed E-state index contributed by atoms with van der Waals surface area (Å²) in [5, 5.41) is 6.90. The number of hydrogen-bond donors (Lipinski definition) is 2. The molecule has 4 aliphatic heterocycles. The first kappa shape index (κ1) is 27.8. The van der Waals surface area contributed by atoms with Gasteiger partial charge < -0.3 is 29.7 Å². The van der Waals surface area contributed by atoms with Crippen LogP contribution >= 0.6 is 23.2 Å². The fourth-order valence-electron chi connectivity index (χ4n) is 7.70. The number of carbonyl (C=O) groups excluding carboxylic acids is 3. The van der Waals surface area contributed by atoms with Crippen molar-refractivity contribution in [1.82, 2.24) is 10.2 Å². The number of halogens is 2. The summed E-state index contributed by atoms with van der Waals surface area (Å²) in [4.78, 5) is 43.7. The van der Waals surface area contributed by atoms with Gasteiger partial charge in [-0.2, -0.15) is 0 Å². The van der Waals surface area contributed by atoms with Crippen LogP contribution in [0.3, 0.4) is 0 Å². The van der Waals surface area contributed by atoms with Gasteiger partial charge in [0.05, 0.1) is 24.5 Å². The molecule has 2 aromatic carbocycles. The van der Waals surface area contributed by atoms with Crippen molar-refractivity contribution in [2.75, 3.05) is 18.5 Å². The van der Waals surface area contributed by atoms with Gasteiger partial charge in [0, 0.05) is 21.8 Å². The summed E-state index contributed by atoms with van der Waals surface area (Å²) < 4.78 is 18.7. The largest absolute Gasteiger partial charge is 0.486 e. The van der Waals surface area contributed by atoms with E-state index in [-0.39, 0.29) is 36.9 Å². The molecule has 3 saturated heterocycles. The molecule has 222 valence electrons.